The molecule has 27 heavy (non-hydrogen) atoms. The molecule has 0 aliphatic heterocycles. The largest absolute Gasteiger partial charge is 0.492 e. The van der Waals surface area contributed by atoms with Crippen LogP contribution < -0.4 is 4.74 Å². The first-order valence-corrected chi connectivity index (χ1v) is 9.86. The quantitative estimate of drug-likeness (QED) is 0.265. The molecule has 0 spiro atoms. The molecular weight excluding hydrogens is 366 g/mol. The van der Waals surface area contributed by atoms with Crippen LogP contribution in [0.4, 0.5) is 4.79 Å². The molecule has 6 nitrogen and oxygen atoms in total. The van der Waals surface area contributed by atoms with E-state index in [1.807, 2.05) is 13.8 Å². The van der Waals surface area contributed by atoms with Gasteiger partial charge in [-0.05, 0) is 50.1 Å². The number of esters is 1. The summed E-state index contributed by atoms with van der Waals surface area (Å²) in [5, 5.41) is -0.0965. The van der Waals surface area contributed by atoms with Crippen LogP contribution >= 0.6 is 11.8 Å². The Hall–Kier alpha value is -2.02. The van der Waals surface area contributed by atoms with E-state index in [4.69, 9.17) is 9.47 Å². The minimum absolute atomic E-state index is 0.0572. The summed E-state index contributed by atoms with van der Waals surface area (Å²) in [5.41, 5.74) is 1.32. The van der Waals surface area contributed by atoms with E-state index in [0.29, 0.717) is 24.3 Å². The summed E-state index contributed by atoms with van der Waals surface area (Å²) < 4.78 is 10.8. The summed E-state index contributed by atoms with van der Waals surface area (Å²) in [6, 6.07) is 3.49. The van der Waals surface area contributed by atoms with Crippen molar-refractivity contribution in [3.8, 4) is 5.75 Å². The van der Waals surface area contributed by atoms with Crippen LogP contribution in [-0.4, -0.2) is 49.2 Å². The number of nitrogens with zero attached hydrogens (tertiary/aromatic N) is 1. The summed E-state index contributed by atoms with van der Waals surface area (Å²) in [7, 11) is 3.39. The van der Waals surface area contributed by atoms with Gasteiger partial charge in [0, 0.05) is 31.0 Å². The molecule has 0 unspecified atom stereocenters. The summed E-state index contributed by atoms with van der Waals surface area (Å²) in [5.74, 6) is 0.186. The third kappa shape index (κ3) is 6.90. The number of carbonyl (C=O) groups excluding carboxylic acids is 3. The van der Waals surface area contributed by atoms with Gasteiger partial charge in [0.15, 0.2) is 5.78 Å². The Morgan fingerprint density at radius 2 is 1.85 bits per heavy atom. The molecule has 150 valence electrons. The fourth-order valence-corrected chi connectivity index (χ4v) is 3.40. The summed E-state index contributed by atoms with van der Waals surface area (Å²) in [4.78, 5) is 38.0. The lowest BCUT2D eigenvalue weighted by Gasteiger charge is -2.21. The highest BCUT2D eigenvalue weighted by molar-refractivity contribution is 8.13. The van der Waals surface area contributed by atoms with Crippen molar-refractivity contribution in [1.29, 1.82) is 0 Å². The zero-order valence-corrected chi connectivity index (χ0v) is 17.8. The molecule has 0 heterocycles. The Labute approximate surface area is 165 Å². The van der Waals surface area contributed by atoms with E-state index < -0.39 is 0 Å². The molecule has 1 amide bonds. The molecule has 1 aromatic carbocycles. The van der Waals surface area contributed by atoms with Gasteiger partial charge in [0.2, 0.25) is 0 Å². The molecule has 7 heteroatoms. The molecule has 0 saturated carbocycles. The normalized spacial score (nSPS) is 10.6. The number of benzene rings is 1. The molecule has 0 bridgehead atoms. The first-order chi connectivity index (χ1) is 12.7. The first-order valence-electron chi connectivity index (χ1n) is 9.04. The maximum absolute atomic E-state index is 12.1. The number of rotatable bonds is 9. The van der Waals surface area contributed by atoms with Crippen LogP contribution in [0.1, 0.15) is 62.4 Å². The molecule has 0 aromatic heterocycles. The molecule has 0 aliphatic rings. The van der Waals surface area contributed by atoms with Crippen LogP contribution in [0.3, 0.4) is 0 Å². The average molecular weight is 396 g/mol. The van der Waals surface area contributed by atoms with Gasteiger partial charge in [-0.2, -0.15) is 0 Å². The number of hydrogen-bond donors (Lipinski definition) is 0. The lowest BCUT2D eigenvalue weighted by molar-refractivity contribution is -0.143. The third-order valence-electron chi connectivity index (χ3n) is 3.75. The third-order valence-corrected chi connectivity index (χ3v) is 4.87. The minimum atomic E-state index is -0.266. The van der Waals surface area contributed by atoms with Crippen molar-refractivity contribution in [2.75, 3.05) is 27.3 Å². The van der Waals surface area contributed by atoms with E-state index in [2.05, 4.69) is 0 Å². The summed E-state index contributed by atoms with van der Waals surface area (Å²) in [6.07, 6.45) is 0.746. The highest BCUT2D eigenvalue weighted by Crippen LogP contribution is 2.39. The number of amides is 1. The zero-order valence-electron chi connectivity index (χ0n) is 17.0. The summed E-state index contributed by atoms with van der Waals surface area (Å²) in [6.45, 7) is 7.88. The van der Waals surface area contributed by atoms with Crippen LogP contribution in [0.2, 0.25) is 0 Å². The Kier molecular flexibility index (Phi) is 9.35. The number of carbonyl (C=O) groups is 3. The Bertz CT molecular complexity index is 685. The van der Waals surface area contributed by atoms with Crippen LogP contribution in [0.25, 0.3) is 0 Å². The van der Waals surface area contributed by atoms with Crippen molar-refractivity contribution in [1.82, 2.24) is 4.90 Å². The van der Waals surface area contributed by atoms with E-state index >= 15 is 0 Å². The lowest BCUT2D eigenvalue weighted by atomic mass is 9.97. The topological polar surface area (TPSA) is 72.9 Å². The molecule has 0 atom stereocenters. The van der Waals surface area contributed by atoms with Crippen LogP contribution in [-0.2, 0) is 9.53 Å². The van der Waals surface area contributed by atoms with E-state index in [1.54, 1.807) is 33.2 Å². The van der Waals surface area contributed by atoms with Crippen molar-refractivity contribution in [2.45, 2.75) is 51.3 Å². The lowest BCUT2D eigenvalue weighted by Crippen LogP contribution is -2.17. The van der Waals surface area contributed by atoms with Gasteiger partial charge >= 0.3 is 5.97 Å². The predicted octanol–water partition coefficient (Wildman–Crippen LogP) is 4.51. The first kappa shape index (κ1) is 23.0. The summed E-state index contributed by atoms with van der Waals surface area (Å²) >= 11 is 1.11. The molecule has 0 N–H and O–H groups in total. The molecule has 0 aliphatic carbocycles. The average Bonchev–Trinajstić information content (AvgIpc) is 2.58. The highest BCUT2D eigenvalue weighted by atomic mass is 32.2. The highest BCUT2D eigenvalue weighted by Gasteiger charge is 2.22. The van der Waals surface area contributed by atoms with Crippen molar-refractivity contribution < 1.29 is 23.9 Å². The van der Waals surface area contributed by atoms with Gasteiger partial charge in [-0.25, -0.2) is 0 Å². The predicted molar refractivity (Wildman–Crippen MR) is 107 cm³/mol. The van der Waals surface area contributed by atoms with E-state index in [9.17, 15) is 14.4 Å². The van der Waals surface area contributed by atoms with E-state index in [-0.39, 0.29) is 35.9 Å². The van der Waals surface area contributed by atoms with E-state index in [0.717, 1.165) is 22.2 Å². The SMILES string of the molecule is CCOC(=O)CCCOc1c(C(C)=O)ccc(SC(=O)N(C)C)c1C(C)C. The van der Waals surface area contributed by atoms with Crippen molar-refractivity contribution in [3.63, 3.8) is 0 Å². The maximum Gasteiger partial charge on any atom is 0.305 e. The van der Waals surface area contributed by atoms with Gasteiger partial charge in [-0.3, -0.25) is 14.4 Å². The molecule has 0 saturated heterocycles. The van der Waals surface area contributed by atoms with Gasteiger partial charge in [-0.15, -0.1) is 0 Å². The number of ether oxygens (including phenoxy) is 2. The number of thioether (sulfide) groups is 1. The van der Waals surface area contributed by atoms with Crippen LogP contribution in [0.15, 0.2) is 17.0 Å². The van der Waals surface area contributed by atoms with E-state index in [1.165, 1.54) is 11.8 Å². The van der Waals surface area contributed by atoms with Gasteiger partial charge < -0.3 is 14.4 Å². The Morgan fingerprint density at radius 1 is 1.19 bits per heavy atom. The second kappa shape index (κ2) is 11.0. The molecule has 0 radical (unpaired) electrons. The van der Waals surface area contributed by atoms with Gasteiger partial charge in [0.05, 0.1) is 18.8 Å². The Morgan fingerprint density at radius 3 is 2.37 bits per heavy atom. The minimum Gasteiger partial charge on any atom is -0.492 e. The molecule has 0 fully saturated rings. The van der Waals surface area contributed by atoms with Gasteiger partial charge in [-0.1, -0.05) is 13.8 Å². The smallest absolute Gasteiger partial charge is 0.305 e. The number of hydrogen-bond acceptors (Lipinski definition) is 6. The molecule has 1 rings (SSSR count). The maximum atomic E-state index is 12.1. The van der Waals surface area contributed by atoms with Crippen LogP contribution in [0.5, 0.6) is 5.75 Å². The standard InChI is InChI=1S/C20H29NO5S/c1-7-25-17(23)9-8-12-26-19-15(14(4)22)10-11-16(18(19)13(2)3)27-20(24)21(5)6/h10-11,13H,7-9,12H2,1-6H3. The van der Waals surface area contributed by atoms with Gasteiger partial charge in [0.1, 0.15) is 5.75 Å². The number of Topliss-reactive ketones (excluding diaryl/α,β-unsaturated/α-hetero) is 1. The van der Waals surface area contributed by atoms with Crippen LogP contribution in [0, 0.1) is 0 Å². The fraction of sp³-hybridized carbons (Fsp3) is 0.550. The van der Waals surface area contributed by atoms with Crippen molar-refractivity contribution >= 4 is 28.8 Å². The monoisotopic (exact) mass is 395 g/mol. The molecular formula is C20H29NO5S. The second-order valence-corrected chi connectivity index (χ2v) is 7.58. The molecule has 1 aromatic rings. The fourth-order valence-electron chi connectivity index (χ4n) is 2.46. The van der Waals surface area contributed by atoms with Gasteiger partial charge in [0.25, 0.3) is 5.24 Å². The Balaban J connectivity index is 3.11. The second-order valence-electron chi connectivity index (χ2n) is 6.58. The number of ketones is 1. The van der Waals surface area contributed by atoms with Crippen molar-refractivity contribution in [3.05, 3.63) is 23.3 Å². The van der Waals surface area contributed by atoms with Crippen molar-refractivity contribution in [2.24, 2.45) is 0 Å². The zero-order chi connectivity index (χ0) is 20.6.